The molecular formula is C28H36BrNO2. The second-order valence-corrected chi connectivity index (χ2v) is 7.88. The molecule has 0 aromatic heterocycles. The predicted molar refractivity (Wildman–Crippen MR) is 143 cm³/mol. The molecule has 3 nitrogen and oxygen atoms in total. The molecule has 172 valence electrons. The van der Waals surface area contributed by atoms with Gasteiger partial charge in [0, 0.05) is 10.2 Å². The van der Waals surface area contributed by atoms with Gasteiger partial charge in [0.2, 0.25) is 0 Å². The summed E-state index contributed by atoms with van der Waals surface area (Å²) in [4.78, 5) is 21.2. The van der Waals surface area contributed by atoms with Crippen molar-refractivity contribution in [2.45, 2.75) is 48.5 Å². The molecule has 0 N–H and O–H groups in total. The summed E-state index contributed by atoms with van der Waals surface area (Å²) < 4.78 is 1.08. The van der Waals surface area contributed by atoms with E-state index in [0.717, 1.165) is 22.2 Å². The fraction of sp³-hybridized carbons (Fsp3) is 0.250. The maximum atomic E-state index is 8.81. The molecule has 0 unspecified atom stereocenters. The Bertz CT molecular complexity index is 897. The molecule has 3 aromatic rings. The monoisotopic (exact) mass is 497 g/mol. The van der Waals surface area contributed by atoms with E-state index < -0.39 is 0 Å². The van der Waals surface area contributed by atoms with Crippen LogP contribution < -0.4 is 0 Å². The molecule has 0 fully saturated rings. The first-order valence-electron chi connectivity index (χ1n) is 10.2. The summed E-state index contributed by atoms with van der Waals surface area (Å²) in [6, 6.07) is 24.7. The Morgan fingerprint density at radius 1 is 0.781 bits per heavy atom. The van der Waals surface area contributed by atoms with Gasteiger partial charge in [-0.15, -0.1) is 0 Å². The summed E-state index contributed by atoms with van der Waals surface area (Å²) in [5.74, 6) is 0. The lowest BCUT2D eigenvalue weighted by Gasteiger charge is -2.00. The van der Waals surface area contributed by atoms with Gasteiger partial charge >= 0.3 is 0 Å². The van der Waals surface area contributed by atoms with Crippen molar-refractivity contribution in [3.05, 3.63) is 99.5 Å². The van der Waals surface area contributed by atoms with Crippen molar-refractivity contribution >= 4 is 40.4 Å². The van der Waals surface area contributed by atoms with E-state index in [1.54, 1.807) is 0 Å². The SMILES string of the molecule is C=O.CC(C)=Nc1cc(Br)ccc1C.CC=O.Cc1ccccc1.Cc1ccccc1C. The number of rotatable bonds is 1. The predicted octanol–water partition coefficient (Wildman–Crippen LogP) is 8.19. The van der Waals surface area contributed by atoms with Crippen LogP contribution in [0.2, 0.25) is 0 Å². The van der Waals surface area contributed by atoms with Crippen molar-refractivity contribution in [2.75, 3.05) is 0 Å². The van der Waals surface area contributed by atoms with Crippen molar-refractivity contribution in [1.29, 1.82) is 0 Å². The molecular weight excluding hydrogens is 462 g/mol. The van der Waals surface area contributed by atoms with Gasteiger partial charge < -0.3 is 9.59 Å². The molecule has 0 amide bonds. The molecule has 3 rings (SSSR count). The fourth-order valence-electron chi connectivity index (χ4n) is 2.14. The van der Waals surface area contributed by atoms with Gasteiger partial charge in [-0.1, -0.05) is 82.2 Å². The van der Waals surface area contributed by atoms with Crippen LogP contribution in [0.15, 0.2) is 82.3 Å². The highest BCUT2D eigenvalue weighted by Crippen LogP contribution is 2.23. The van der Waals surface area contributed by atoms with Crippen molar-refractivity contribution in [1.82, 2.24) is 0 Å². The van der Waals surface area contributed by atoms with E-state index in [-0.39, 0.29) is 0 Å². The Balaban J connectivity index is 0. The molecule has 0 saturated carbocycles. The molecule has 0 bridgehead atoms. The van der Waals surface area contributed by atoms with Crippen LogP contribution >= 0.6 is 15.9 Å². The van der Waals surface area contributed by atoms with Gasteiger partial charge in [0.15, 0.2) is 0 Å². The lowest BCUT2D eigenvalue weighted by atomic mass is 10.1. The normalized spacial score (nSPS) is 8.38. The number of aliphatic imine (C=N–C) groups is 1. The third-order valence-corrected chi connectivity index (χ3v) is 4.37. The molecule has 32 heavy (non-hydrogen) atoms. The van der Waals surface area contributed by atoms with Crippen molar-refractivity contribution in [3.63, 3.8) is 0 Å². The van der Waals surface area contributed by atoms with Crippen molar-refractivity contribution in [3.8, 4) is 0 Å². The number of benzene rings is 3. The van der Waals surface area contributed by atoms with Crippen molar-refractivity contribution in [2.24, 2.45) is 4.99 Å². The van der Waals surface area contributed by atoms with E-state index >= 15 is 0 Å². The van der Waals surface area contributed by atoms with E-state index in [1.165, 1.54) is 29.2 Å². The van der Waals surface area contributed by atoms with Crippen molar-refractivity contribution < 1.29 is 9.59 Å². The first kappa shape index (κ1) is 31.3. The average Bonchev–Trinajstić information content (AvgIpc) is 2.76. The quantitative estimate of drug-likeness (QED) is 0.251. The third kappa shape index (κ3) is 16.9. The molecule has 0 aliphatic heterocycles. The van der Waals surface area contributed by atoms with E-state index in [9.17, 15) is 0 Å². The van der Waals surface area contributed by atoms with Gasteiger partial charge in [0.05, 0.1) is 5.69 Å². The number of carbonyl (C=O) groups excluding carboxylic acids is 2. The Morgan fingerprint density at radius 2 is 1.22 bits per heavy atom. The molecule has 3 aromatic carbocycles. The minimum Gasteiger partial charge on any atom is -0.307 e. The minimum absolute atomic E-state index is 0.750. The number of hydrogen-bond acceptors (Lipinski definition) is 3. The molecule has 4 heteroatoms. The van der Waals surface area contributed by atoms with E-state index in [4.69, 9.17) is 9.59 Å². The Labute approximate surface area is 202 Å². The fourth-order valence-corrected chi connectivity index (χ4v) is 2.49. The van der Waals surface area contributed by atoms with Gasteiger partial charge in [-0.3, -0.25) is 4.99 Å². The van der Waals surface area contributed by atoms with E-state index in [1.807, 2.05) is 51.0 Å². The summed E-state index contributed by atoms with van der Waals surface area (Å²) in [6.45, 7) is 15.8. The number of aryl methyl sites for hydroxylation is 4. The molecule has 0 spiro atoms. The summed E-state index contributed by atoms with van der Waals surface area (Å²) >= 11 is 3.42. The molecule has 0 radical (unpaired) electrons. The van der Waals surface area contributed by atoms with Crippen LogP contribution in [-0.4, -0.2) is 18.8 Å². The molecule has 0 heterocycles. The maximum Gasteiger partial charge on any atom is 0.116 e. The van der Waals surface area contributed by atoms with Gasteiger partial charge in [0.1, 0.15) is 13.1 Å². The smallest absolute Gasteiger partial charge is 0.116 e. The number of nitrogens with zero attached hydrogens (tertiary/aromatic N) is 1. The van der Waals surface area contributed by atoms with Crippen LogP contribution in [-0.2, 0) is 9.59 Å². The average molecular weight is 499 g/mol. The number of aldehydes is 1. The third-order valence-electron chi connectivity index (χ3n) is 3.88. The lowest BCUT2D eigenvalue weighted by Crippen LogP contribution is -1.81. The summed E-state index contributed by atoms with van der Waals surface area (Å²) in [7, 11) is 0. The number of hydrogen-bond donors (Lipinski definition) is 0. The second kappa shape index (κ2) is 20.1. The maximum absolute atomic E-state index is 8.81. The topological polar surface area (TPSA) is 46.5 Å². The van der Waals surface area contributed by atoms with Crippen LogP contribution in [0, 0.1) is 27.7 Å². The highest BCUT2D eigenvalue weighted by atomic mass is 79.9. The largest absolute Gasteiger partial charge is 0.307 e. The second-order valence-electron chi connectivity index (χ2n) is 6.96. The summed E-state index contributed by atoms with van der Waals surface area (Å²) in [5, 5.41) is 0. The molecule has 0 atom stereocenters. The number of carbonyl (C=O) groups is 2. The zero-order chi connectivity index (χ0) is 24.9. The van der Waals surface area contributed by atoms with Crippen LogP contribution in [0.4, 0.5) is 5.69 Å². The zero-order valence-electron chi connectivity index (χ0n) is 20.4. The minimum atomic E-state index is 0.750. The van der Waals surface area contributed by atoms with Gasteiger partial charge in [-0.05, 0) is 77.3 Å². The van der Waals surface area contributed by atoms with E-state index in [0.29, 0.717) is 0 Å². The van der Waals surface area contributed by atoms with Crippen LogP contribution in [0.1, 0.15) is 43.0 Å². The zero-order valence-corrected chi connectivity index (χ0v) is 21.9. The standard InChI is InChI=1S/C10H12BrN.C8H10.C7H8.C2H4O.CH2O/c1-7(2)12-10-6-9(11)5-4-8(10)3;1-7-5-3-4-6-8(7)2;1-7-5-3-2-4-6-7;1-2-3;1-2/h4-6H,1-3H3;3-6H,1-2H3;2-6H,1H3;2H,1H3;1H2. The van der Waals surface area contributed by atoms with Crippen LogP contribution in [0.3, 0.4) is 0 Å². The van der Waals surface area contributed by atoms with Crippen LogP contribution in [0.25, 0.3) is 0 Å². The first-order valence-corrected chi connectivity index (χ1v) is 11.0. The molecule has 0 saturated heterocycles. The highest BCUT2D eigenvalue weighted by Gasteiger charge is 1.96. The van der Waals surface area contributed by atoms with E-state index in [2.05, 4.69) is 91.1 Å². The Kier molecular flexibility index (Phi) is 19.7. The summed E-state index contributed by atoms with van der Waals surface area (Å²) in [5.41, 5.74) is 7.39. The first-order chi connectivity index (χ1) is 15.2. The summed E-state index contributed by atoms with van der Waals surface area (Å²) in [6.07, 6.45) is 0.750. The molecule has 0 aliphatic carbocycles. The lowest BCUT2D eigenvalue weighted by molar-refractivity contribution is -0.106. The molecule has 0 aliphatic rings. The van der Waals surface area contributed by atoms with Gasteiger partial charge in [-0.25, -0.2) is 0 Å². The Morgan fingerprint density at radius 3 is 1.56 bits per heavy atom. The van der Waals surface area contributed by atoms with Crippen LogP contribution in [0.5, 0.6) is 0 Å². The number of halogens is 1. The Hall–Kier alpha value is -2.85. The van der Waals surface area contributed by atoms with Gasteiger partial charge in [-0.2, -0.15) is 0 Å². The highest BCUT2D eigenvalue weighted by molar-refractivity contribution is 9.10. The van der Waals surface area contributed by atoms with Gasteiger partial charge in [0.25, 0.3) is 0 Å².